The first-order valence-corrected chi connectivity index (χ1v) is 11.7. The van der Waals surface area contributed by atoms with Gasteiger partial charge in [0.05, 0.1) is 11.4 Å². The molecule has 0 aliphatic heterocycles. The molecule has 6 heteroatoms. The molecule has 0 atom stereocenters. The Morgan fingerprint density at radius 3 is 2.00 bits per heavy atom. The van der Waals surface area contributed by atoms with Gasteiger partial charge in [-0.1, -0.05) is 0 Å². The van der Waals surface area contributed by atoms with Crippen molar-refractivity contribution >= 4 is 5.97 Å². The minimum Gasteiger partial charge on any atom is -0.481 e. The number of carboxylic acids is 1. The second-order valence-corrected chi connectivity index (χ2v) is 8.52. The molecule has 6 nitrogen and oxygen atoms in total. The first-order valence-electron chi connectivity index (χ1n) is 11.7. The fraction of sp³-hybridized carbons (Fsp3) is 0.250. The van der Waals surface area contributed by atoms with Gasteiger partial charge < -0.3 is 5.11 Å². The number of rotatable bonds is 10. The van der Waals surface area contributed by atoms with Gasteiger partial charge in [0.2, 0.25) is 0 Å². The van der Waals surface area contributed by atoms with E-state index in [-0.39, 0.29) is 6.42 Å². The Balaban J connectivity index is 1.26. The first kappa shape index (κ1) is 23.2. The smallest absolute Gasteiger partial charge is 0.309 e. The number of aromatic nitrogens is 4. The second-order valence-electron chi connectivity index (χ2n) is 8.52. The summed E-state index contributed by atoms with van der Waals surface area (Å²) in [6.45, 7) is 3.52. The Bertz CT molecular complexity index is 1240. The predicted molar refractivity (Wildman–Crippen MR) is 130 cm³/mol. The van der Waals surface area contributed by atoms with E-state index >= 15 is 0 Å². The van der Waals surface area contributed by atoms with Gasteiger partial charge in [0.15, 0.2) is 31.3 Å². The van der Waals surface area contributed by atoms with Gasteiger partial charge >= 0.3 is 5.97 Å². The van der Waals surface area contributed by atoms with Crippen molar-refractivity contribution in [2.75, 3.05) is 0 Å². The summed E-state index contributed by atoms with van der Waals surface area (Å²) in [5.41, 5.74) is 6.60. The van der Waals surface area contributed by atoms with Crippen LogP contribution in [-0.4, -0.2) is 21.0 Å². The normalized spacial score (nSPS) is 10.9. The Kier molecular flexibility index (Phi) is 7.71. The van der Waals surface area contributed by atoms with Crippen LogP contribution in [0.25, 0.3) is 22.5 Å². The lowest BCUT2D eigenvalue weighted by molar-refractivity contribution is -0.697. The lowest BCUT2D eigenvalue weighted by Crippen LogP contribution is -2.33. The van der Waals surface area contributed by atoms with Gasteiger partial charge in [0.25, 0.3) is 0 Å². The lowest BCUT2D eigenvalue weighted by Gasteiger charge is -2.05. The summed E-state index contributed by atoms with van der Waals surface area (Å²) >= 11 is 0. The molecule has 0 unspecified atom stereocenters. The number of hydrogen-bond donors (Lipinski definition) is 1. The van der Waals surface area contributed by atoms with Gasteiger partial charge in [-0.05, 0) is 66.3 Å². The van der Waals surface area contributed by atoms with Crippen LogP contribution in [0.5, 0.6) is 0 Å². The number of carboxylic acid groups (broad SMARTS) is 1. The predicted octanol–water partition coefficient (Wildman–Crippen LogP) is 4.19. The van der Waals surface area contributed by atoms with E-state index in [9.17, 15) is 4.79 Å². The Morgan fingerprint density at radius 2 is 1.38 bits per heavy atom. The maximum Gasteiger partial charge on any atom is 0.309 e. The van der Waals surface area contributed by atoms with Gasteiger partial charge in [-0.25, -0.2) is 9.13 Å². The molecule has 4 heterocycles. The average molecular weight is 455 g/mol. The molecular weight excluding hydrogens is 424 g/mol. The number of carbonyl (C=O) groups is 1. The molecule has 0 aromatic carbocycles. The Labute approximate surface area is 200 Å². The van der Waals surface area contributed by atoms with Crippen LogP contribution in [0.3, 0.4) is 0 Å². The summed E-state index contributed by atoms with van der Waals surface area (Å²) in [5.74, 6) is -0.783. The van der Waals surface area contributed by atoms with Crippen molar-refractivity contribution < 1.29 is 19.0 Å². The minimum atomic E-state index is -0.783. The zero-order valence-electron chi connectivity index (χ0n) is 19.5. The topological polar surface area (TPSA) is 70.8 Å². The van der Waals surface area contributed by atoms with E-state index in [4.69, 9.17) is 5.11 Å². The molecule has 34 heavy (non-hydrogen) atoms. The number of pyridine rings is 4. The average Bonchev–Trinajstić information content (AvgIpc) is 2.86. The zero-order chi connectivity index (χ0) is 23.8. The molecule has 4 rings (SSSR count). The molecule has 0 fully saturated rings. The van der Waals surface area contributed by atoms with Crippen LogP contribution in [0.4, 0.5) is 0 Å². The van der Waals surface area contributed by atoms with Gasteiger partial charge in [-0.2, -0.15) is 0 Å². The molecule has 0 amide bonds. The van der Waals surface area contributed by atoms with Crippen LogP contribution < -0.4 is 9.13 Å². The van der Waals surface area contributed by atoms with Crippen LogP contribution in [0.2, 0.25) is 0 Å². The van der Waals surface area contributed by atoms with Crippen molar-refractivity contribution in [3.05, 3.63) is 96.8 Å². The number of aliphatic carboxylic acids is 1. The summed E-state index contributed by atoms with van der Waals surface area (Å²) in [6, 6.07) is 16.6. The van der Waals surface area contributed by atoms with Gasteiger partial charge in [-0.15, -0.1) is 0 Å². The van der Waals surface area contributed by atoms with Gasteiger partial charge in [0, 0.05) is 43.1 Å². The van der Waals surface area contributed by atoms with Crippen LogP contribution in [0.1, 0.15) is 30.4 Å². The largest absolute Gasteiger partial charge is 0.481 e. The van der Waals surface area contributed by atoms with Crippen LogP contribution in [-0.2, 0) is 24.3 Å². The highest BCUT2D eigenvalue weighted by molar-refractivity contribution is 5.66. The van der Waals surface area contributed by atoms with E-state index < -0.39 is 5.97 Å². The molecule has 0 aliphatic carbocycles. The summed E-state index contributed by atoms with van der Waals surface area (Å²) in [6.07, 6.45) is 15.2. The molecule has 0 bridgehead atoms. The van der Waals surface area contributed by atoms with E-state index in [2.05, 4.69) is 64.2 Å². The van der Waals surface area contributed by atoms with Crippen molar-refractivity contribution in [2.45, 2.75) is 45.7 Å². The van der Waals surface area contributed by atoms with Gasteiger partial charge in [-0.3, -0.25) is 14.8 Å². The van der Waals surface area contributed by atoms with E-state index in [1.807, 2.05) is 47.6 Å². The minimum absolute atomic E-state index is 0.127. The molecule has 0 aliphatic rings. The summed E-state index contributed by atoms with van der Waals surface area (Å²) in [4.78, 5) is 19.7. The molecule has 4 aromatic rings. The summed E-state index contributed by atoms with van der Waals surface area (Å²) in [7, 11) is 0. The Hall–Kier alpha value is -3.93. The number of nitrogens with zero attached hydrogens (tertiary/aromatic N) is 4. The molecule has 0 saturated carbocycles. The molecular formula is C28H30N4O2+2. The van der Waals surface area contributed by atoms with E-state index in [0.29, 0.717) is 6.54 Å². The van der Waals surface area contributed by atoms with Crippen molar-refractivity contribution in [3.8, 4) is 22.5 Å². The van der Waals surface area contributed by atoms with Crippen molar-refractivity contribution in [2.24, 2.45) is 0 Å². The standard InChI is InChI=1S/C28H29N4O2/c1-22-5-12-29-26(20-22)27-21-23(6-13-30-27)4-2-3-14-31-15-7-24(8-16-31)25-9-17-32(18-10-25)19-11-28(33)34/h5-10,12-13,15-18,20-21H,2-4,11,14,19H2,1H3/q+1/p+1. The molecule has 0 radical (unpaired) electrons. The fourth-order valence-electron chi connectivity index (χ4n) is 3.89. The quantitative estimate of drug-likeness (QED) is 0.288. The number of aryl methyl sites for hydroxylation is 4. The van der Waals surface area contributed by atoms with E-state index in [1.165, 1.54) is 11.1 Å². The molecule has 1 N–H and O–H groups in total. The highest BCUT2D eigenvalue weighted by Crippen LogP contribution is 2.18. The number of hydrogen-bond acceptors (Lipinski definition) is 3. The highest BCUT2D eigenvalue weighted by atomic mass is 16.4. The van der Waals surface area contributed by atoms with Crippen LogP contribution in [0.15, 0.2) is 85.7 Å². The summed E-state index contributed by atoms with van der Waals surface area (Å²) < 4.78 is 4.11. The summed E-state index contributed by atoms with van der Waals surface area (Å²) in [5, 5.41) is 8.81. The monoisotopic (exact) mass is 454 g/mol. The molecule has 0 saturated heterocycles. The molecule has 0 spiro atoms. The van der Waals surface area contributed by atoms with E-state index in [1.54, 1.807) is 0 Å². The lowest BCUT2D eigenvalue weighted by atomic mass is 10.1. The fourth-order valence-corrected chi connectivity index (χ4v) is 3.89. The zero-order valence-corrected chi connectivity index (χ0v) is 19.5. The van der Waals surface area contributed by atoms with Crippen molar-refractivity contribution in [3.63, 3.8) is 0 Å². The first-order chi connectivity index (χ1) is 16.6. The van der Waals surface area contributed by atoms with Crippen LogP contribution in [0, 0.1) is 6.92 Å². The molecule has 4 aromatic heterocycles. The third-order valence-electron chi connectivity index (χ3n) is 5.83. The third kappa shape index (κ3) is 6.54. The Morgan fingerprint density at radius 1 is 0.794 bits per heavy atom. The third-order valence-corrected chi connectivity index (χ3v) is 5.83. The van der Waals surface area contributed by atoms with E-state index in [0.717, 1.165) is 48.3 Å². The second kappa shape index (κ2) is 11.3. The van der Waals surface area contributed by atoms with Gasteiger partial charge in [0.1, 0.15) is 13.0 Å². The highest BCUT2D eigenvalue weighted by Gasteiger charge is 2.08. The maximum absolute atomic E-state index is 10.7. The SMILES string of the molecule is Cc1ccnc(-c2cc(CCCC[n+]3ccc(-c4cc[n+](CCC(=O)O)cc4)cc3)ccn2)c1. The maximum atomic E-state index is 10.7. The van der Waals surface area contributed by atoms with Crippen molar-refractivity contribution in [1.82, 2.24) is 9.97 Å². The van der Waals surface area contributed by atoms with Crippen molar-refractivity contribution in [1.29, 1.82) is 0 Å². The molecule has 172 valence electrons. The number of unbranched alkanes of at least 4 members (excludes halogenated alkanes) is 1. The van der Waals surface area contributed by atoms with Crippen LogP contribution >= 0.6 is 0 Å².